The summed E-state index contributed by atoms with van der Waals surface area (Å²) >= 11 is 0. The van der Waals surface area contributed by atoms with Crippen LogP contribution in [0.5, 0.6) is 0 Å². The van der Waals surface area contributed by atoms with Crippen molar-refractivity contribution in [1.82, 2.24) is 10.2 Å². The van der Waals surface area contributed by atoms with Gasteiger partial charge in [0.05, 0.1) is 13.2 Å². The van der Waals surface area contributed by atoms with Crippen LogP contribution in [0.3, 0.4) is 0 Å². The largest absolute Gasteiger partial charge is 0.378 e. The summed E-state index contributed by atoms with van der Waals surface area (Å²) in [6, 6.07) is 0. The van der Waals surface area contributed by atoms with Crippen LogP contribution < -0.4 is 5.32 Å². The molecular weight excluding hydrogens is 200 g/mol. The number of ether oxygens (including phenoxy) is 1. The minimum atomic E-state index is 0.208. The molecule has 0 atom stereocenters. The van der Waals surface area contributed by atoms with Gasteiger partial charge >= 0.3 is 0 Å². The summed E-state index contributed by atoms with van der Waals surface area (Å²) in [6.07, 6.45) is 1.21. The van der Waals surface area contributed by atoms with Gasteiger partial charge in [0.1, 0.15) is 0 Å². The average molecular weight is 228 g/mol. The minimum Gasteiger partial charge on any atom is -0.378 e. The van der Waals surface area contributed by atoms with Crippen molar-refractivity contribution in [2.75, 3.05) is 32.8 Å². The maximum atomic E-state index is 5.52. The summed E-state index contributed by atoms with van der Waals surface area (Å²) in [4.78, 5) is 2.54. The van der Waals surface area contributed by atoms with Crippen LogP contribution >= 0.6 is 0 Å². The van der Waals surface area contributed by atoms with E-state index >= 15 is 0 Å². The molecule has 1 aliphatic rings. The van der Waals surface area contributed by atoms with Gasteiger partial charge in [-0.05, 0) is 47.6 Å². The van der Waals surface area contributed by atoms with E-state index in [1.165, 1.54) is 13.0 Å². The van der Waals surface area contributed by atoms with Crippen molar-refractivity contribution in [1.29, 1.82) is 0 Å². The van der Waals surface area contributed by atoms with Gasteiger partial charge in [-0.2, -0.15) is 0 Å². The van der Waals surface area contributed by atoms with Crippen LogP contribution in [0.1, 0.15) is 41.0 Å². The third kappa shape index (κ3) is 4.81. The van der Waals surface area contributed by atoms with E-state index in [4.69, 9.17) is 4.74 Å². The lowest BCUT2D eigenvalue weighted by Crippen LogP contribution is -2.53. The van der Waals surface area contributed by atoms with E-state index in [0.717, 1.165) is 26.3 Å². The Labute approximate surface area is 101 Å². The van der Waals surface area contributed by atoms with Gasteiger partial charge in [-0.25, -0.2) is 0 Å². The number of hydrogen-bond donors (Lipinski definition) is 1. The number of morpholine rings is 1. The molecule has 0 amide bonds. The van der Waals surface area contributed by atoms with Gasteiger partial charge in [-0.1, -0.05) is 0 Å². The molecule has 96 valence electrons. The topological polar surface area (TPSA) is 24.5 Å². The van der Waals surface area contributed by atoms with E-state index in [2.05, 4.69) is 44.8 Å². The van der Waals surface area contributed by atoms with Crippen LogP contribution in [0.4, 0.5) is 0 Å². The van der Waals surface area contributed by atoms with Gasteiger partial charge in [0.2, 0.25) is 0 Å². The second kappa shape index (κ2) is 5.48. The van der Waals surface area contributed by atoms with E-state index in [9.17, 15) is 0 Å². The number of nitrogens with zero attached hydrogens (tertiary/aromatic N) is 1. The number of rotatable bonds is 4. The summed E-state index contributed by atoms with van der Waals surface area (Å²) < 4.78 is 5.52. The Morgan fingerprint density at radius 2 is 2.00 bits per heavy atom. The highest BCUT2D eigenvalue weighted by molar-refractivity contribution is 4.84. The van der Waals surface area contributed by atoms with E-state index in [-0.39, 0.29) is 11.1 Å². The van der Waals surface area contributed by atoms with Crippen molar-refractivity contribution in [2.24, 2.45) is 0 Å². The standard InChI is InChI=1S/C13H28N2O/c1-12(2,3)14-7-6-8-15-9-10-16-11-13(15,4)5/h14H,6-11H2,1-5H3. The van der Waals surface area contributed by atoms with E-state index < -0.39 is 0 Å². The monoisotopic (exact) mass is 228 g/mol. The third-order valence-electron chi connectivity index (χ3n) is 3.08. The molecule has 0 spiro atoms. The first-order valence-electron chi connectivity index (χ1n) is 6.39. The van der Waals surface area contributed by atoms with E-state index in [1.54, 1.807) is 0 Å². The first kappa shape index (κ1) is 13.9. The third-order valence-corrected chi connectivity index (χ3v) is 3.08. The van der Waals surface area contributed by atoms with Crippen molar-refractivity contribution in [3.63, 3.8) is 0 Å². The summed E-state index contributed by atoms with van der Waals surface area (Å²) in [5.74, 6) is 0. The molecular formula is C13H28N2O. The SMILES string of the molecule is CC(C)(C)NCCCN1CCOCC1(C)C. The highest BCUT2D eigenvalue weighted by Crippen LogP contribution is 2.18. The predicted molar refractivity (Wildman–Crippen MR) is 68.8 cm³/mol. The highest BCUT2D eigenvalue weighted by Gasteiger charge is 2.29. The second-order valence-electron chi connectivity index (χ2n) is 6.38. The van der Waals surface area contributed by atoms with Crippen LogP contribution in [-0.4, -0.2) is 48.8 Å². The lowest BCUT2D eigenvalue weighted by atomic mass is 10.0. The van der Waals surface area contributed by atoms with Gasteiger partial charge in [-0.3, -0.25) is 4.90 Å². The molecule has 0 bridgehead atoms. The van der Waals surface area contributed by atoms with Crippen molar-refractivity contribution in [3.05, 3.63) is 0 Å². The van der Waals surface area contributed by atoms with Gasteiger partial charge < -0.3 is 10.1 Å². The van der Waals surface area contributed by atoms with Crippen molar-refractivity contribution in [2.45, 2.75) is 52.1 Å². The first-order chi connectivity index (χ1) is 7.31. The van der Waals surface area contributed by atoms with Crippen molar-refractivity contribution < 1.29 is 4.74 Å². The van der Waals surface area contributed by atoms with Crippen LogP contribution in [-0.2, 0) is 4.74 Å². The fourth-order valence-electron chi connectivity index (χ4n) is 2.04. The molecule has 16 heavy (non-hydrogen) atoms. The van der Waals surface area contributed by atoms with Crippen LogP contribution in [0.15, 0.2) is 0 Å². The molecule has 3 nitrogen and oxygen atoms in total. The summed E-state index contributed by atoms with van der Waals surface area (Å²) in [7, 11) is 0. The second-order valence-corrected chi connectivity index (χ2v) is 6.38. The molecule has 0 radical (unpaired) electrons. The van der Waals surface area contributed by atoms with Gasteiger partial charge in [-0.15, -0.1) is 0 Å². The molecule has 3 heteroatoms. The molecule has 1 rings (SSSR count). The average Bonchev–Trinajstić information content (AvgIpc) is 2.12. The molecule has 1 aliphatic heterocycles. The molecule has 0 aliphatic carbocycles. The molecule has 1 saturated heterocycles. The van der Waals surface area contributed by atoms with Crippen LogP contribution in [0, 0.1) is 0 Å². The smallest absolute Gasteiger partial charge is 0.0645 e. The Morgan fingerprint density at radius 3 is 2.56 bits per heavy atom. The van der Waals surface area contributed by atoms with E-state index in [1.807, 2.05) is 0 Å². The Kier molecular flexibility index (Phi) is 4.77. The Balaban J connectivity index is 2.21. The lowest BCUT2D eigenvalue weighted by Gasteiger charge is -2.42. The molecule has 1 heterocycles. The predicted octanol–water partition coefficient (Wildman–Crippen LogP) is 1.88. The summed E-state index contributed by atoms with van der Waals surface area (Å²) in [5.41, 5.74) is 0.445. The molecule has 0 aromatic carbocycles. The molecule has 0 aromatic rings. The molecule has 0 aromatic heterocycles. The Bertz CT molecular complexity index is 208. The summed E-state index contributed by atoms with van der Waals surface area (Å²) in [6.45, 7) is 16.3. The molecule has 1 fully saturated rings. The van der Waals surface area contributed by atoms with E-state index in [0.29, 0.717) is 0 Å². The zero-order valence-corrected chi connectivity index (χ0v) is 11.6. The maximum absolute atomic E-state index is 5.52. The molecule has 0 saturated carbocycles. The van der Waals surface area contributed by atoms with Crippen LogP contribution in [0.2, 0.25) is 0 Å². The van der Waals surface area contributed by atoms with Gasteiger partial charge in [0, 0.05) is 24.2 Å². The minimum absolute atomic E-state index is 0.208. The van der Waals surface area contributed by atoms with Gasteiger partial charge in [0.15, 0.2) is 0 Å². The fourth-order valence-corrected chi connectivity index (χ4v) is 2.04. The Morgan fingerprint density at radius 1 is 1.31 bits per heavy atom. The first-order valence-corrected chi connectivity index (χ1v) is 6.39. The van der Waals surface area contributed by atoms with Crippen molar-refractivity contribution >= 4 is 0 Å². The Hall–Kier alpha value is -0.120. The lowest BCUT2D eigenvalue weighted by molar-refractivity contribution is -0.0511. The zero-order valence-electron chi connectivity index (χ0n) is 11.6. The van der Waals surface area contributed by atoms with Gasteiger partial charge in [0.25, 0.3) is 0 Å². The molecule has 0 unspecified atom stereocenters. The van der Waals surface area contributed by atoms with Crippen molar-refractivity contribution in [3.8, 4) is 0 Å². The normalized spacial score (nSPS) is 22.3. The highest BCUT2D eigenvalue weighted by atomic mass is 16.5. The maximum Gasteiger partial charge on any atom is 0.0645 e. The van der Waals surface area contributed by atoms with Crippen LogP contribution in [0.25, 0.3) is 0 Å². The number of hydrogen-bond acceptors (Lipinski definition) is 3. The number of nitrogens with one attached hydrogen (secondary N) is 1. The molecule has 1 N–H and O–H groups in total. The summed E-state index contributed by atoms with van der Waals surface area (Å²) in [5, 5.41) is 3.53. The fraction of sp³-hybridized carbons (Fsp3) is 1.00. The zero-order chi connectivity index (χ0) is 12.2. The quantitative estimate of drug-likeness (QED) is 0.744.